The number of benzene rings is 1. The van der Waals surface area contributed by atoms with Gasteiger partial charge in [-0.3, -0.25) is 0 Å². The van der Waals surface area contributed by atoms with E-state index in [-0.39, 0.29) is 12.4 Å². The van der Waals surface area contributed by atoms with Gasteiger partial charge in [0.25, 0.3) is 0 Å². The Morgan fingerprint density at radius 1 is 1.24 bits per heavy atom. The molecule has 0 radical (unpaired) electrons. The van der Waals surface area contributed by atoms with Gasteiger partial charge in [-0.05, 0) is 41.1 Å². The molecule has 0 aliphatic rings. The predicted octanol–water partition coefficient (Wildman–Crippen LogP) is 2.04. The molecule has 1 heterocycles. The highest BCUT2D eigenvalue weighted by Gasteiger charge is 2.31. The fraction of sp³-hybridized carbons (Fsp3) is 0.364. The summed E-state index contributed by atoms with van der Waals surface area (Å²) in [6, 6.07) is 5.22. The maximum Gasteiger partial charge on any atom is 0.573 e. The van der Waals surface area contributed by atoms with E-state index in [9.17, 15) is 13.2 Å². The number of ether oxygens (including phenoxy) is 1. The first-order valence-corrected chi connectivity index (χ1v) is 6.86. The van der Waals surface area contributed by atoms with E-state index in [0.717, 1.165) is 0 Å². The van der Waals surface area contributed by atoms with Crippen molar-refractivity contribution in [3.63, 3.8) is 0 Å². The molecule has 0 saturated heterocycles. The minimum atomic E-state index is -4.72. The van der Waals surface area contributed by atoms with Crippen molar-refractivity contribution in [2.45, 2.75) is 17.9 Å². The van der Waals surface area contributed by atoms with E-state index in [1.54, 1.807) is 0 Å². The van der Waals surface area contributed by atoms with Crippen molar-refractivity contribution in [3.05, 3.63) is 24.3 Å². The Morgan fingerprint density at radius 3 is 2.57 bits per heavy atom. The summed E-state index contributed by atoms with van der Waals surface area (Å²) in [4.78, 5) is 0. The fourth-order valence-corrected chi connectivity index (χ4v) is 2.26. The van der Waals surface area contributed by atoms with Gasteiger partial charge in [-0.1, -0.05) is 11.8 Å². The lowest BCUT2D eigenvalue weighted by atomic mass is 10.3. The average Bonchev–Trinajstić information content (AvgIpc) is 2.86. The van der Waals surface area contributed by atoms with E-state index in [4.69, 9.17) is 5.11 Å². The highest BCUT2D eigenvalue weighted by molar-refractivity contribution is 7.99. The van der Waals surface area contributed by atoms with E-state index in [0.29, 0.717) is 23.0 Å². The van der Waals surface area contributed by atoms with Crippen LogP contribution < -0.4 is 4.74 Å². The third-order valence-electron chi connectivity index (χ3n) is 2.29. The number of hydrogen-bond acceptors (Lipinski definition) is 6. The van der Waals surface area contributed by atoms with Crippen LogP contribution in [0.15, 0.2) is 29.4 Å². The summed E-state index contributed by atoms with van der Waals surface area (Å²) in [6.45, 7) is 0.0675. The monoisotopic (exact) mass is 320 g/mol. The molecule has 1 aromatic heterocycles. The first-order valence-electron chi connectivity index (χ1n) is 5.88. The Balaban J connectivity index is 2.10. The molecule has 0 saturated carbocycles. The second kappa shape index (κ2) is 6.76. The van der Waals surface area contributed by atoms with Crippen molar-refractivity contribution < 1.29 is 23.0 Å². The van der Waals surface area contributed by atoms with Crippen molar-refractivity contribution in [1.82, 2.24) is 20.2 Å². The molecule has 0 spiro atoms. The van der Waals surface area contributed by atoms with Gasteiger partial charge in [0.2, 0.25) is 5.16 Å². The molecule has 114 valence electrons. The molecule has 1 N–H and O–H groups in total. The zero-order valence-electron chi connectivity index (χ0n) is 10.6. The fourth-order valence-electron chi connectivity index (χ4n) is 1.45. The standard InChI is InChI=1S/C11H11F3N4O2S/c12-11(13,14)20-9-4-2-8(3-5-9)18-10(15-16-17-18)21-7-1-6-19/h2-5,19H,1,6-7H2. The Hall–Kier alpha value is -1.81. The van der Waals surface area contributed by atoms with Gasteiger partial charge in [0, 0.05) is 12.4 Å². The number of aromatic nitrogens is 4. The zero-order valence-corrected chi connectivity index (χ0v) is 11.4. The van der Waals surface area contributed by atoms with Gasteiger partial charge >= 0.3 is 6.36 Å². The first-order chi connectivity index (χ1) is 9.99. The lowest BCUT2D eigenvalue weighted by molar-refractivity contribution is -0.274. The number of tetrazole rings is 1. The van der Waals surface area contributed by atoms with Gasteiger partial charge in [0.15, 0.2) is 0 Å². The second-order valence-corrected chi connectivity index (χ2v) is 4.90. The second-order valence-electron chi connectivity index (χ2n) is 3.84. The quantitative estimate of drug-likeness (QED) is 0.648. The number of alkyl halides is 3. The normalized spacial score (nSPS) is 11.6. The lowest BCUT2D eigenvalue weighted by Gasteiger charge is -2.09. The van der Waals surface area contributed by atoms with Crippen LogP contribution >= 0.6 is 11.8 Å². The van der Waals surface area contributed by atoms with E-state index in [2.05, 4.69) is 20.3 Å². The topological polar surface area (TPSA) is 73.1 Å². The molecule has 0 unspecified atom stereocenters. The molecule has 2 aromatic rings. The number of nitrogens with zero attached hydrogens (tertiary/aromatic N) is 4. The van der Waals surface area contributed by atoms with Crippen LogP contribution in [0.25, 0.3) is 5.69 Å². The molecular formula is C11H11F3N4O2S. The van der Waals surface area contributed by atoms with E-state index in [1.165, 1.54) is 40.7 Å². The minimum Gasteiger partial charge on any atom is -0.406 e. The van der Waals surface area contributed by atoms with E-state index >= 15 is 0 Å². The van der Waals surface area contributed by atoms with Crippen LogP contribution in [-0.4, -0.2) is 44.0 Å². The third-order valence-corrected chi connectivity index (χ3v) is 3.29. The number of thioether (sulfide) groups is 1. The molecule has 0 aliphatic carbocycles. The number of rotatable bonds is 6. The SMILES string of the molecule is OCCCSc1nnnn1-c1ccc(OC(F)(F)F)cc1. The van der Waals surface area contributed by atoms with Crippen LogP contribution in [0.4, 0.5) is 13.2 Å². The van der Waals surface area contributed by atoms with Crippen molar-refractivity contribution in [3.8, 4) is 11.4 Å². The van der Waals surface area contributed by atoms with Gasteiger partial charge in [-0.25, -0.2) is 0 Å². The molecule has 0 bridgehead atoms. The summed E-state index contributed by atoms with van der Waals surface area (Å²) in [5, 5.41) is 20.3. The van der Waals surface area contributed by atoms with E-state index < -0.39 is 6.36 Å². The molecule has 1 aromatic carbocycles. The van der Waals surface area contributed by atoms with Gasteiger partial charge in [0.05, 0.1) is 5.69 Å². The summed E-state index contributed by atoms with van der Waals surface area (Å²) in [6.07, 6.45) is -4.13. The van der Waals surface area contributed by atoms with Crippen LogP contribution in [0, 0.1) is 0 Å². The predicted molar refractivity (Wildman–Crippen MR) is 68.3 cm³/mol. The Bertz CT molecular complexity index is 574. The molecule has 21 heavy (non-hydrogen) atoms. The van der Waals surface area contributed by atoms with Gasteiger partial charge in [0.1, 0.15) is 5.75 Å². The van der Waals surface area contributed by atoms with Crippen LogP contribution in [0.2, 0.25) is 0 Å². The van der Waals surface area contributed by atoms with Crippen LogP contribution in [0.5, 0.6) is 5.75 Å². The van der Waals surface area contributed by atoms with Crippen molar-refractivity contribution in [1.29, 1.82) is 0 Å². The van der Waals surface area contributed by atoms with Gasteiger partial charge in [-0.2, -0.15) is 4.68 Å². The molecule has 0 fully saturated rings. The maximum absolute atomic E-state index is 12.1. The molecule has 0 atom stereocenters. The first kappa shape index (κ1) is 15.6. The lowest BCUT2D eigenvalue weighted by Crippen LogP contribution is -2.17. The summed E-state index contributed by atoms with van der Waals surface area (Å²) >= 11 is 1.34. The number of hydrogen-bond donors (Lipinski definition) is 1. The molecule has 6 nitrogen and oxygen atoms in total. The van der Waals surface area contributed by atoms with E-state index in [1.807, 2.05) is 0 Å². The Labute approximate surface area is 121 Å². The molecule has 10 heteroatoms. The number of halogens is 3. The minimum absolute atomic E-state index is 0.0675. The van der Waals surface area contributed by atoms with Crippen LogP contribution in [0.1, 0.15) is 6.42 Å². The van der Waals surface area contributed by atoms with Crippen LogP contribution in [-0.2, 0) is 0 Å². The largest absolute Gasteiger partial charge is 0.573 e. The summed E-state index contributed by atoms with van der Waals surface area (Å²) in [7, 11) is 0. The molecule has 0 amide bonds. The summed E-state index contributed by atoms with van der Waals surface area (Å²) in [5.41, 5.74) is 0.515. The maximum atomic E-state index is 12.1. The van der Waals surface area contributed by atoms with Gasteiger partial charge < -0.3 is 9.84 Å². The number of aliphatic hydroxyl groups is 1. The number of aliphatic hydroxyl groups excluding tert-OH is 1. The van der Waals surface area contributed by atoms with Gasteiger partial charge in [-0.15, -0.1) is 18.3 Å². The Morgan fingerprint density at radius 2 is 1.95 bits per heavy atom. The summed E-state index contributed by atoms with van der Waals surface area (Å²) in [5.74, 6) is 0.320. The summed E-state index contributed by atoms with van der Waals surface area (Å²) < 4.78 is 41.4. The third kappa shape index (κ3) is 4.60. The zero-order chi connectivity index (χ0) is 15.3. The van der Waals surface area contributed by atoms with Crippen molar-refractivity contribution >= 4 is 11.8 Å². The smallest absolute Gasteiger partial charge is 0.406 e. The van der Waals surface area contributed by atoms with Crippen molar-refractivity contribution in [2.24, 2.45) is 0 Å². The Kier molecular flexibility index (Phi) is 5.02. The van der Waals surface area contributed by atoms with Crippen LogP contribution in [0.3, 0.4) is 0 Å². The molecule has 2 rings (SSSR count). The molecule has 0 aliphatic heterocycles. The van der Waals surface area contributed by atoms with Crippen molar-refractivity contribution in [2.75, 3.05) is 12.4 Å². The highest BCUT2D eigenvalue weighted by atomic mass is 32.2. The average molecular weight is 320 g/mol. The molecular weight excluding hydrogens is 309 g/mol. The highest BCUT2D eigenvalue weighted by Crippen LogP contribution is 2.25.